The van der Waals surface area contributed by atoms with E-state index >= 15 is 0 Å². The molecule has 338 valence electrons. The van der Waals surface area contributed by atoms with Gasteiger partial charge in [0.25, 0.3) is 0 Å². The van der Waals surface area contributed by atoms with E-state index in [2.05, 4.69) is 244 Å². The molecule has 5 heteroatoms. The van der Waals surface area contributed by atoms with Gasteiger partial charge in [-0.25, -0.2) is 0 Å². The summed E-state index contributed by atoms with van der Waals surface area (Å²) in [6.07, 6.45) is 0. The molecule has 0 bridgehead atoms. The summed E-state index contributed by atoms with van der Waals surface area (Å²) in [6, 6.07) is 92.7. The highest BCUT2D eigenvalue weighted by molar-refractivity contribution is 6.16. The number of nitrogens with zero attached hydrogens (tertiary/aromatic N) is 5. The summed E-state index contributed by atoms with van der Waals surface area (Å²) in [5.74, 6) is 0. The molecule has 0 unspecified atom stereocenters. The van der Waals surface area contributed by atoms with Crippen LogP contribution in [0.15, 0.2) is 249 Å². The first-order valence-corrected chi connectivity index (χ1v) is 24.5. The van der Waals surface area contributed by atoms with Crippen molar-refractivity contribution in [3.63, 3.8) is 0 Å². The number of para-hydroxylation sites is 2. The molecular formula is C68H41N5. The van der Waals surface area contributed by atoms with Crippen LogP contribution in [0.5, 0.6) is 0 Å². The lowest BCUT2D eigenvalue weighted by Gasteiger charge is -2.24. The van der Waals surface area contributed by atoms with Crippen LogP contribution >= 0.6 is 0 Å². The molecule has 11 aromatic carbocycles. The minimum Gasteiger partial charge on any atom is -0.306 e. The topological polar surface area (TPSA) is 62.4 Å². The van der Waals surface area contributed by atoms with Crippen molar-refractivity contribution in [3.05, 3.63) is 260 Å². The van der Waals surface area contributed by atoms with Crippen molar-refractivity contribution >= 4 is 65.4 Å². The normalized spacial score (nSPS) is 11.5. The van der Waals surface area contributed by atoms with Gasteiger partial charge in [-0.2, -0.15) is 10.5 Å². The van der Waals surface area contributed by atoms with Gasteiger partial charge in [0.05, 0.1) is 61.3 Å². The van der Waals surface area contributed by atoms with E-state index in [-0.39, 0.29) is 0 Å². The summed E-state index contributed by atoms with van der Waals surface area (Å²) in [6.45, 7) is 0. The predicted molar refractivity (Wildman–Crippen MR) is 301 cm³/mol. The smallest absolute Gasteiger partial charge is 0.101 e. The zero-order valence-electron chi connectivity index (χ0n) is 39.4. The van der Waals surface area contributed by atoms with Crippen LogP contribution in [0.3, 0.4) is 0 Å². The number of aromatic nitrogens is 3. The number of hydrogen-bond acceptors (Lipinski definition) is 2. The first kappa shape index (κ1) is 41.7. The van der Waals surface area contributed by atoms with Gasteiger partial charge >= 0.3 is 0 Å². The quantitative estimate of drug-likeness (QED) is 0.160. The Hall–Kier alpha value is -10.2. The van der Waals surface area contributed by atoms with Gasteiger partial charge in [0, 0.05) is 32.3 Å². The second-order valence-electron chi connectivity index (χ2n) is 18.7. The molecule has 14 aromatic rings. The summed E-state index contributed by atoms with van der Waals surface area (Å²) >= 11 is 0. The Morgan fingerprint density at radius 1 is 0.219 bits per heavy atom. The fourth-order valence-corrected chi connectivity index (χ4v) is 11.4. The molecule has 0 saturated carbocycles. The van der Waals surface area contributed by atoms with Crippen LogP contribution < -0.4 is 0 Å². The van der Waals surface area contributed by atoms with Gasteiger partial charge in [-0.1, -0.05) is 182 Å². The Bertz CT molecular complexity index is 4120. The lowest BCUT2D eigenvalue weighted by Crippen LogP contribution is -2.13. The Labute approximate surface area is 421 Å². The Balaban J connectivity index is 1.18. The van der Waals surface area contributed by atoms with Crippen molar-refractivity contribution in [2.75, 3.05) is 0 Å². The first-order valence-electron chi connectivity index (χ1n) is 24.5. The van der Waals surface area contributed by atoms with Crippen LogP contribution in [-0.4, -0.2) is 13.7 Å². The zero-order chi connectivity index (χ0) is 48.6. The van der Waals surface area contributed by atoms with E-state index in [0.717, 1.165) is 116 Å². The highest BCUT2D eigenvalue weighted by Gasteiger charge is 2.30. The maximum atomic E-state index is 11.7. The standard InChI is InChI=1S/C68H41N5/c69-42-52-37-53(43-70)67(72-64-35-31-50(46-21-9-3-10-22-46)40-58(64)59-41-51(32-36-65(59)72)47-23-11-4-12-24-47)68(73-60-27-15-13-25-54(60)55-26-14-16-28-61(55)73)66(52)71-62-33-29-48(44-17-5-1-6-18-44)38-56(62)57-39-49(30-34-63(57)71)45-19-7-2-8-20-45/h1-41H. The van der Waals surface area contributed by atoms with Gasteiger partial charge < -0.3 is 13.7 Å². The maximum absolute atomic E-state index is 11.7. The van der Waals surface area contributed by atoms with Gasteiger partial charge in [0.1, 0.15) is 12.1 Å². The largest absolute Gasteiger partial charge is 0.306 e. The summed E-state index contributed by atoms with van der Waals surface area (Å²) in [5, 5.41) is 29.7. The summed E-state index contributed by atoms with van der Waals surface area (Å²) in [4.78, 5) is 0. The van der Waals surface area contributed by atoms with Crippen LogP contribution in [-0.2, 0) is 0 Å². The number of nitriles is 2. The molecule has 0 amide bonds. The van der Waals surface area contributed by atoms with E-state index in [1.54, 1.807) is 0 Å². The predicted octanol–water partition coefficient (Wildman–Crippen LogP) is 17.4. The summed E-state index contributed by atoms with van der Waals surface area (Å²) in [5.41, 5.74) is 17.4. The summed E-state index contributed by atoms with van der Waals surface area (Å²) < 4.78 is 6.87. The van der Waals surface area contributed by atoms with Crippen molar-refractivity contribution in [2.45, 2.75) is 0 Å². The van der Waals surface area contributed by atoms with Gasteiger partial charge in [-0.3, -0.25) is 0 Å². The molecule has 0 spiro atoms. The molecule has 0 radical (unpaired) electrons. The zero-order valence-corrected chi connectivity index (χ0v) is 39.4. The third-order valence-electron chi connectivity index (χ3n) is 14.7. The molecule has 3 aromatic heterocycles. The monoisotopic (exact) mass is 927 g/mol. The van der Waals surface area contributed by atoms with E-state index in [0.29, 0.717) is 22.5 Å². The van der Waals surface area contributed by atoms with E-state index in [1.807, 2.05) is 30.3 Å². The molecule has 0 N–H and O–H groups in total. The van der Waals surface area contributed by atoms with Gasteiger partial charge in [0.15, 0.2) is 0 Å². The number of fused-ring (bicyclic) bond motifs is 9. The molecule has 5 nitrogen and oxygen atoms in total. The molecule has 14 rings (SSSR count). The first-order chi connectivity index (χ1) is 36.1. The van der Waals surface area contributed by atoms with Crippen LogP contribution in [0.2, 0.25) is 0 Å². The van der Waals surface area contributed by atoms with Gasteiger partial charge in [0.2, 0.25) is 0 Å². The highest BCUT2D eigenvalue weighted by Crippen LogP contribution is 2.47. The van der Waals surface area contributed by atoms with Crippen LogP contribution in [0, 0.1) is 22.7 Å². The summed E-state index contributed by atoms with van der Waals surface area (Å²) in [7, 11) is 0. The molecular weight excluding hydrogens is 887 g/mol. The van der Waals surface area contributed by atoms with E-state index < -0.39 is 0 Å². The molecule has 73 heavy (non-hydrogen) atoms. The van der Waals surface area contributed by atoms with E-state index in [1.165, 1.54) is 0 Å². The lowest BCUT2D eigenvalue weighted by molar-refractivity contribution is 1.04. The molecule has 0 aliphatic rings. The van der Waals surface area contributed by atoms with E-state index in [9.17, 15) is 10.5 Å². The molecule has 0 fully saturated rings. The van der Waals surface area contributed by atoms with Crippen molar-refractivity contribution < 1.29 is 0 Å². The van der Waals surface area contributed by atoms with Gasteiger partial charge in [-0.05, 0) is 111 Å². The van der Waals surface area contributed by atoms with E-state index in [4.69, 9.17) is 0 Å². The fraction of sp³-hybridized carbons (Fsp3) is 0. The van der Waals surface area contributed by atoms with Crippen molar-refractivity contribution in [1.82, 2.24) is 13.7 Å². The molecule has 0 atom stereocenters. The third kappa shape index (κ3) is 6.54. The fourth-order valence-electron chi connectivity index (χ4n) is 11.4. The maximum Gasteiger partial charge on any atom is 0.101 e. The van der Waals surface area contributed by atoms with Crippen molar-refractivity contribution in [1.29, 1.82) is 10.5 Å². The van der Waals surface area contributed by atoms with Gasteiger partial charge in [-0.15, -0.1) is 0 Å². The molecule has 0 saturated heterocycles. The number of hydrogen-bond donors (Lipinski definition) is 0. The van der Waals surface area contributed by atoms with Crippen molar-refractivity contribution in [3.8, 4) is 73.7 Å². The second-order valence-corrected chi connectivity index (χ2v) is 18.7. The minimum atomic E-state index is 0.383. The Kier molecular flexibility index (Phi) is 9.58. The van der Waals surface area contributed by atoms with Crippen molar-refractivity contribution in [2.24, 2.45) is 0 Å². The molecule has 0 aliphatic heterocycles. The lowest BCUT2D eigenvalue weighted by atomic mass is 10.0. The molecule has 0 aliphatic carbocycles. The molecule has 3 heterocycles. The average Bonchev–Trinajstić information content (AvgIpc) is 4.10. The number of rotatable bonds is 7. The highest BCUT2D eigenvalue weighted by atomic mass is 15.1. The Morgan fingerprint density at radius 3 is 0.781 bits per heavy atom. The Morgan fingerprint density at radius 2 is 0.479 bits per heavy atom. The van der Waals surface area contributed by atoms with Crippen LogP contribution in [0.4, 0.5) is 0 Å². The third-order valence-corrected chi connectivity index (χ3v) is 14.7. The van der Waals surface area contributed by atoms with Crippen LogP contribution in [0.1, 0.15) is 11.1 Å². The minimum absolute atomic E-state index is 0.383. The second kappa shape index (κ2) is 16.7. The average molecular weight is 928 g/mol. The number of benzene rings is 11. The SMILES string of the molecule is N#Cc1cc(C#N)c(-n2c3ccc(-c4ccccc4)cc3c3cc(-c4ccccc4)ccc32)c(-n2c3ccccc3c3ccccc32)c1-n1c2ccc(-c3ccccc3)cc2c2cc(-c3ccccc3)ccc21. The van der Waals surface area contributed by atoms with Crippen LogP contribution in [0.25, 0.3) is 127 Å².